The minimum Gasteiger partial charge on any atom is -0.489 e. The summed E-state index contributed by atoms with van der Waals surface area (Å²) in [5.41, 5.74) is 3.39. The van der Waals surface area contributed by atoms with Gasteiger partial charge in [0.15, 0.2) is 0 Å². The summed E-state index contributed by atoms with van der Waals surface area (Å²) in [5.74, 6) is 1.58. The minimum atomic E-state index is -3.84. The van der Waals surface area contributed by atoms with E-state index in [1.54, 1.807) is 24.3 Å². The normalized spacial score (nSPS) is 18.0. The van der Waals surface area contributed by atoms with Gasteiger partial charge in [-0.1, -0.05) is 48.0 Å². The van der Waals surface area contributed by atoms with E-state index in [1.807, 2.05) is 63.2 Å². The second-order valence-corrected chi connectivity index (χ2v) is 10.2. The van der Waals surface area contributed by atoms with Crippen LogP contribution in [0.25, 0.3) is 0 Å². The van der Waals surface area contributed by atoms with Gasteiger partial charge in [0, 0.05) is 0 Å². The molecule has 0 amide bonds. The summed E-state index contributed by atoms with van der Waals surface area (Å²) in [6.45, 7) is 6.23. The van der Waals surface area contributed by atoms with Gasteiger partial charge in [-0.2, -0.15) is 8.42 Å². The van der Waals surface area contributed by atoms with Crippen molar-refractivity contribution in [3.63, 3.8) is 0 Å². The first-order chi connectivity index (χ1) is 15.2. The van der Waals surface area contributed by atoms with Crippen molar-refractivity contribution in [3.05, 3.63) is 89.0 Å². The number of hydrogen-bond acceptors (Lipinski definition) is 5. The fraction of sp³-hybridized carbons (Fsp3) is 0.308. The van der Waals surface area contributed by atoms with Gasteiger partial charge in [0.25, 0.3) is 10.1 Å². The Morgan fingerprint density at radius 3 is 2.44 bits per heavy atom. The zero-order valence-corrected chi connectivity index (χ0v) is 19.4. The van der Waals surface area contributed by atoms with E-state index in [0.29, 0.717) is 13.0 Å². The van der Waals surface area contributed by atoms with Crippen LogP contribution in [-0.4, -0.2) is 20.6 Å². The highest BCUT2D eigenvalue weighted by molar-refractivity contribution is 7.86. The fourth-order valence-electron chi connectivity index (χ4n) is 3.74. The second kappa shape index (κ2) is 8.96. The molecule has 1 aliphatic heterocycles. The Balaban J connectivity index is 1.43. The van der Waals surface area contributed by atoms with Crippen molar-refractivity contribution in [3.8, 4) is 11.5 Å². The molecule has 0 fully saturated rings. The highest BCUT2D eigenvalue weighted by Crippen LogP contribution is 2.39. The van der Waals surface area contributed by atoms with Gasteiger partial charge in [0.2, 0.25) is 0 Å². The molecule has 6 heteroatoms. The van der Waals surface area contributed by atoms with E-state index >= 15 is 0 Å². The maximum absolute atomic E-state index is 12.6. The lowest BCUT2D eigenvalue weighted by molar-refractivity contribution is 0.0189. The molecule has 0 unspecified atom stereocenters. The maximum Gasteiger partial charge on any atom is 0.297 e. The molecular formula is C26H28O5S. The standard InChI is InChI=1S/C26H28O5S/c1-19-9-11-24(12-10-19)32(27,28)30-18-26(3)14-13-22-16-23(15-20(2)25(22)31-26)29-17-21-7-5-4-6-8-21/h4-12,15-16H,13-14,17-18H2,1-3H3/t26-/m0/s1. The third kappa shape index (κ3) is 5.14. The maximum atomic E-state index is 12.6. The summed E-state index contributed by atoms with van der Waals surface area (Å²) in [6.07, 6.45) is 1.40. The van der Waals surface area contributed by atoms with E-state index in [4.69, 9.17) is 13.7 Å². The van der Waals surface area contributed by atoms with E-state index in [2.05, 4.69) is 0 Å². The summed E-state index contributed by atoms with van der Waals surface area (Å²) >= 11 is 0. The summed E-state index contributed by atoms with van der Waals surface area (Å²) in [4.78, 5) is 0.152. The lowest BCUT2D eigenvalue weighted by atomic mass is 9.92. The van der Waals surface area contributed by atoms with E-state index < -0.39 is 15.7 Å². The number of hydrogen-bond donors (Lipinski definition) is 0. The number of aryl methyl sites for hydroxylation is 3. The third-order valence-corrected chi connectivity index (χ3v) is 6.95. The van der Waals surface area contributed by atoms with Gasteiger partial charge in [0.05, 0.1) is 4.90 Å². The summed E-state index contributed by atoms with van der Waals surface area (Å²) in [7, 11) is -3.84. The molecule has 1 heterocycles. The zero-order chi connectivity index (χ0) is 22.8. The Bertz CT molecular complexity index is 1190. The van der Waals surface area contributed by atoms with E-state index in [9.17, 15) is 8.42 Å². The Kier molecular flexibility index (Phi) is 6.26. The molecule has 0 radical (unpaired) electrons. The van der Waals surface area contributed by atoms with Gasteiger partial charge >= 0.3 is 0 Å². The van der Waals surface area contributed by atoms with Crippen molar-refractivity contribution >= 4 is 10.1 Å². The highest BCUT2D eigenvalue weighted by Gasteiger charge is 2.35. The van der Waals surface area contributed by atoms with E-state index in [1.165, 1.54) is 0 Å². The van der Waals surface area contributed by atoms with Gasteiger partial charge in [-0.05, 0) is 74.6 Å². The summed E-state index contributed by atoms with van der Waals surface area (Å²) in [5, 5.41) is 0. The SMILES string of the molecule is Cc1ccc(S(=O)(=O)OC[C@]2(C)CCc3cc(OCc4ccccc4)cc(C)c3O2)cc1. The Labute approximate surface area is 190 Å². The second-order valence-electron chi connectivity index (χ2n) is 8.58. The molecule has 1 aliphatic rings. The fourth-order valence-corrected chi connectivity index (χ4v) is 4.75. The van der Waals surface area contributed by atoms with Crippen molar-refractivity contribution in [2.45, 2.75) is 50.7 Å². The van der Waals surface area contributed by atoms with Crippen LogP contribution in [-0.2, 0) is 27.3 Å². The number of fused-ring (bicyclic) bond motifs is 1. The number of ether oxygens (including phenoxy) is 2. The molecule has 32 heavy (non-hydrogen) atoms. The summed E-state index contributed by atoms with van der Waals surface area (Å²) in [6, 6.07) is 20.6. The van der Waals surface area contributed by atoms with Gasteiger partial charge in [-0.3, -0.25) is 4.18 Å². The monoisotopic (exact) mass is 452 g/mol. The summed E-state index contributed by atoms with van der Waals surface area (Å²) < 4.78 is 42.8. The highest BCUT2D eigenvalue weighted by atomic mass is 32.2. The van der Waals surface area contributed by atoms with Crippen molar-refractivity contribution in [1.82, 2.24) is 0 Å². The van der Waals surface area contributed by atoms with Crippen LogP contribution >= 0.6 is 0 Å². The predicted molar refractivity (Wildman–Crippen MR) is 124 cm³/mol. The Morgan fingerprint density at radius 2 is 1.72 bits per heavy atom. The third-order valence-electron chi connectivity index (χ3n) is 5.67. The molecule has 0 bridgehead atoms. The van der Waals surface area contributed by atoms with Gasteiger partial charge < -0.3 is 9.47 Å². The molecule has 0 aromatic heterocycles. The van der Waals surface area contributed by atoms with Crippen LogP contribution in [0.4, 0.5) is 0 Å². The molecule has 1 atom stereocenters. The van der Waals surface area contributed by atoms with Crippen LogP contribution in [0, 0.1) is 13.8 Å². The van der Waals surface area contributed by atoms with Crippen LogP contribution in [0.1, 0.15) is 35.6 Å². The molecule has 0 saturated heterocycles. The average molecular weight is 453 g/mol. The zero-order valence-electron chi connectivity index (χ0n) is 18.6. The topological polar surface area (TPSA) is 61.8 Å². The molecule has 0 saturated carbocycles. The molecule has 5 nitrogen and oxygen atoms in total. The molecule has 0 N–H and O–H groups in total. The molecule has 0 spiro atoms. The molecule has 4 rings (SSSR count). The van der Waals surface area contributed by atoms with Crippen LogP contribution < -0.4 is 9.47 Å². The largest absolute Gasteiger partial charge is 0.489 e. The Hall–Kier alpha value is -2.83. The van der Waals surface area contributed by atoms with Crippen molar-refractivity contribution in [2.24, 2.45) is 0 Å². The molecule has 3 aromatic carbocycles. The first kappa shape index (κ1) is 22.4. The quantitative estimate of drug-likeness (QED) is 0.451. The molecule has 3 aromatic rings. The van der Waals surface area contributed by atoms with Crippen LogP contribution in [0.15, 0.2) is 71.6 Å². The van der Waals surface area contributed by atoms with Gasteiger partial charge in [-0.25, -0.2) is 0 Å². The smallest absolute Gasteiger partial charge is 0.297 e. The van der Waals surface area contributed by atoms with Gasteiger partial charge in [0.1, 0.15) is 30.3 Å². The number of rotatable bonds is 7. The minimum absolute atomic E-state index is 0.0473. The molecular weight excluding hydrogens is 424 g/mol. The Morgan fingerprint density at radius 1 is 1.00 bits per heavy atom. The lowest BCUT2D eigenvalue weighted by Gasteiger charge is -2.36. The number of benzene rings is 3. The van der Waals surface area contributed by atoms with Crippen LogP contribution in [0.5, 0.6) is 11.5 Å². The van der Waals surface area contributed by atoms with Gasteiger partial charge in [-0.15, -0.1) is 0 Å². The average Bonchev–Trinajstić information content (AvgIpc) is 2.78. The van der Waals surface area contributed by atoms with Crippen LogP contribution in [0.3, 0.4) is 0 Å². The van der Waals surface area contributed by atoms with Crippen molar-refractivity contribution in [1.29, 1.82) is 0 Å². The first-order valence-electron chi connectivity index (χ1n) is 10.7. The molecule has 168 valence electrons. The van der Waals surface area contributed by atoms with Crippen molar-refractivity contribution in [2.75, 3.05) is 6.61 Å². The van der Waals surface area contributed by atoms with E-state index in [-0.39, 0.29) is 11.5 Å². The van der Waals surface area contributed by atoms with Crippen molar-refractivity contribution < 1.29 is 22.1 Å². The predicted octanol–water partition coefficient (Wildman–Crippen LogP) is 5.37. The molecule has 0 aliphatic carbocycles. The first-order valence-corrected chi connectivity index (χ1v) is 12.1. The van der Waals surface area contributed by atoms with Crippen LogP contribution in [0.2, 0.25) is 0 Å². The van der Waals surface area contributed by atoms with E-state index in [0.717, 1.165) is 40.2 Å². The lowest BCUT2D eigenvalue weighted by Crippen LogP contribution is -2.42.